The van der Waals surface area contributed by atoms with Crippen LogP contribution >= 0.6 is 12.2 Å². The first-order valence-electron chi connectivity index (χ1n) is 6.80. The van der Waals surface area contributed by atoms with E-state index in [1.165, 1.54) is 0 Å². The van der Waals surface area contributed by atoms with E-state index in [9.17, 15) is 4.79 Å². The van der Waals surface area contributed by atoms with Gasteiger partial charge in [0.05, 0.1) is 6.33 Å². The zero-order valence-electron chi connectivity index (χ0n) is 11.7. The average Bonchev–Trinajstić information content (AvgIpc) is 3.00. The number of aromatic nitrogens is 2. The van der Waals surface area contributed by atoms with Crippen molar-refractivity contribution in [1.82, 2.24) is 14.9 Å². The second-order valence-corrected chi connectivity index (χ2v) is 5.15. The van der Waals surface area contributed by atoms with Crippen molar-refractivity contribution in [1.29, 1.82) is 0 Å². The first kappa shape index (κ1) is 15.2. The lowest BCUT2D eigenvalue weighted by molar-refractivity contribution is 0.0953. The molecule has 1 amide bonds. The molecule has 6 heteroatoms. The summed E-state index contributed by atoms with van der Waals surface area (Å²) in [4.78, 5) is 16.3. The third kappa shape index (κ3) is 4.68. The largest absolute Gasteiger partial charge is 0.389 e. The van der Waals surface area contributed by atoms with Crippen LogP contribution in [-0.2, 0) is 6.54 Å². The molecule has 0 aliphatic heterocycles. The minimum Gasteiger partial charge on any atom is -0.389 e. The van der Waals surface area contributed by atoms with E-state index >= 15 is 0 Å². The van der Waals surface area contributed by atoms with Gasteiger partial charge in [0.1, 0.15) is 4.99 Å². The van der Waals surface area contributed by atoms with Crippen LogP contribution in [0.25, 0.3) is 0 Å². The molecule has 1 aromatic carbocycles. The van der Waals surface area contributed by atoms with E-state index in [2.05, 4.69) is 10.3 Å². The molecule has 5 nitrogen and oxygen atoms in total. The number of hydrogen-bond acceptors (Lipinski definition) is 3. The fourth-order valence-corrected chi connectivity index (χ4v) is 2.08. The number of aryl methyl sites for hydroxylation is 1. The molecule has 0 fully saturated rings. The van der Waals surface area contributed by atoms with Gasteiger partial charge in [-0.2, -0.15) is 0 Å². The highest BCUT2D eigenvalue weighted by atomic mass is 32.1. The Morgan fingerprint density at radius 1 is 1.33 bits per heavy atom. The topological polar surface area (TPSA) is 72.9 Å². The van der Waals surface area contributed by atoms with Gasteiger partial charge in [-0.15, -0.1) is 0 Å². The van der Waals surface area contributed by atoms with Crippen LogP contribution in [0.3, 0.4) is 0 Å². The normalized spacial score (nSPS) is 10.3. The monoisotopic (exact) mass is 302 g/mol. The summed E-state index contributed by atoms with van der Waals surface area (Å²) in [6.45, 7) is 1.55. The molecule has 2 rings (SSSR count). The van der Waals surface area contributed by atoms with Gasteiger partial charge in [-0.3, -0.25) is 4.79 Å². The van der Waals surface area contributed by atoms with Crippen molar-refractivity contribution in [3.63, 3.8) is 0 Å². The number of hydrogen-bond donors (Lipinski definition) is 2. The van der Waals surface area contributed by atoms with E-state index in [1.54, 1.807) is 36.8 Å². The van der Waals surface area contributed by atoms with Crippen molar-refractivity contribution in [2.45, 2.75) is 19.4 Å². The molecule has 0 radical (unpaired) electrons. The number of rotatable bonds is 7. The summed E-state index contributed by atoms with van der Waals surface area (Å²) < 4.78 is 2.02. The third-order valence-electron chi connectivity index (χ3n) is 3.10. The molecule has 0 atom stereocenters. The number of carbonyl (C=O) groups is 1. The van der Waals surface area contributed by atoms with Gasteiger partial charge in [0.25, 0.3) is 5.91 Å². The van der Waals surface area contributed by atoms with Crippen LogP contribution in [0.5, 0.6) is 0 Å². The standard InChI is InChI=1S/C15H18N4OS/c16-14(21)12-4-3-5-13(10-12)15(20)18-6-1-2-8-19-9-7-17-11-19/h3-5,7,9-11H,1-2,6,8H2,(H2,16,21)(H,18,20). The minimum absolute atomic E-state index is 0.101. The van der Waals surface area contributed by atoms with E-state index < -0.39 is 0 Å². The predicted octanol–water partition coefficient (Wildman–Crippen LogP) is 1.73. The second-order valence-electron chi connectivity index (χ2n) is 4.71. The van der Waals surface area contributed by atoms with Crippen LogP contribution in [0.15, 0.2) is 43.0 Å². The Balaban J connectivity index is 1.74. The molecule has 110 valence electrons. The lowest BCUT2D eigenvalue weighted by atomic mass is 10.1. The zero-order valence-corrected chi connectivity index (χ0v) is 12.5. The van der Waals surface area contributed by atoms with Crippen molar-refractivity contribution in [3.05, 3.63) is 54.1 Å². The highest BCUT2D eigenvalue weighted by Gasteiger charge is 2.06. The smallest absolute Gasteiger partial charge is 0.251 e. The molecular weight excluding hydrogens is 284 g/mol. The maximum atomic E-state index is 12.0. The summed E-state index contributed by atoms with van der Waals surface area (Å²) in [5.41, 5.74) is 6.85. The number of unbranched alkanes of at least 4 members (excludes halogenated alkanes) is 1. The summed E-state index contributed by atoms with van der Waals surface area (Å²) in [5.74, 6) is -0.101. The molecule has 1 heterocycles. The molecule has 0 aliphatic rings. The Labute approximate surface area is 129 Å². The van der Waals surface area contributed by atoms with Gasteiger partial charge in [0.15, 0.2) is 0 Å². The molecule has 0 saturated carbocycles. The number of nitrogens with zero attached hydrogens (tertiary/aromatic N) is 2. The van der Waals surface area contributed by atoms with Gasteiger partial charge in [-0.1, -0.05) is 24.4 Å². The number of imidazole rings is 1. The summed E-state index contributed by atoms with van der Waals surface area (Å²) in [7, 11) is 0. The van der Waals surface area contributed by atoms with Gasteiger partial charge >= 0.3 is 0 Å². The molecule has 21 heavy (non-hydrogen) atoms. The molecular formula is C15H18N4OS. The summed E-state index contributed by atoms with van der Waals surface area (Å²) in [6.07, 6.45) is 7.39. The van der Waals surface area contributed by atoms with E-state index in [1.807, 2.05) is 10.8 Å². The Hall–Kier alpha value is -2.21. The Morgan fingerprint density at radius 3 is 2.86 bits per heavy atom. The van der Waals surface area contributed by atoms with Gasteiger partial charge in [-0.05, 0) is 25.0 Å². The average molecular weight is 302 g/mol. The maximum absolute atomic E-state index is 12.0. The summed E-state index contributed by atoms with van der Waals surface area (Å²) in [5, 5.41) is 2.90. The molecule has 1 aromatic heterocycles. The molecule has 0 unspecified atom stereocenters. The van der Waals surface area contributed by atoms with Gasteiger partial charge in [-0.25, -0.2) is 4.98 Å². The highest BCUT2D eigenvalue weighted by molar-refractivity contribution is 7.80. The summed E-state index contributed by atoms with van der Waals surface area (Å²) in [6, 6.07) is 7.04. The Kier molecular flexibility index (Phi) is 5.45. The lowest BCUT2D eigenvalue weighted by Crippen LogP contribution is -2.25. The molecule has 0 bridgehead atoms. The van der Waals surface area contributed by atoms with Crippen LogP contribution in [0.1, 0.15) is 28.8 Å². The molecule has 0 saturated heterocycles. The number of nitrogens with one attached hydrogen (secondary N) is 1. The summed E-state index contributed by atoms with van der Waals surface area (Å²) >= 11 is 4.91. The first-order chi connectivity index (χ1) is 10.2. The van der Waals surface area contributed by atoms with Crippen LogP contribution in [0.4, 0.5) is 0 Å². The SMILES string of the molecule is NC(=S)c1cccc(C(=O)NCCCCn2ccnc2)c1. The van der Waals surface area contributed by atoms with Crippen LogP contribution in [0, 0.1) is 0 Å². The highest BCUT2D eigenvalue weighted by Crippen LogP contribution is 2.05. The predicted molar refractivity (Wildman–Crippen MR) is 86.1 cm³/mol. The van der Waals surface area contributed by atoms with Gasteiger partial charge in [0.2, 0.25) is 0 Å². The quantitative estimate of drug-likeness (QED) is 0.603. The number of carbonyl (C=O) groups excluding carboxylic acids is 1. The number of amides is 1. The van der Waals surface area contributed by atoms with Crippen molar-refractivity contribution in [2.24, 2.45) is 5.73 Å². The second kappa shape index (κ2) is 7.54. The van der Waals surface area contributed by atoms with Crippen LogP contribution in [-0.4, -0.2) is 27.0 Å². The molecule has 2 aromatic rings. The molecule has 3 N–H and O–H groups in total. The number of benzene rings is 1. The van der Waals surface area contributed by atoms with Crippen molar-refractivity contribution >= 4 is 23.1 Å². The lowest BCUT2D eigenvalue weighted by Gasteiger charge is -2.07. The Morgan fingerprint density at radius 2 is 2.14 bits per heavy atom. The number of nitrogens with two attached hydrogens (primary N) is 1. The zero-order chi connectivity index (χ0) is 15.1. The van der Waals surface area contributed by atoms with Crippen LogP contribution < -0.4 is 11.1 Å². The van der Waals surface area contributed by atoms with Crippen LogP contribution in [0.2, 0.25) is 0 Å². The van der Waals surface area contributed by atoms with Crippen molar-refractivity contribution in [2.75, 3.05) is 6.54 Å². The fraction of sp³-hybridized carbons (Fsp3) is 0.267. The first-order valence-corrected chi connectivity index (χ1v) is 7.21. The van der Waals surface area contributed by atoms with Gasteiger partial charge < -0.3 is 15.6 Å². The van der Waals surface area contributed by atoms with Crippen molar-refractivity contribution < 1.29 is 4.79 Å². The van der Waals surface area contributed by atoms with E-state index in [-0.39, 0.29) is 5.91 Å². The van der Waals surface area contributed by atoms with Crippen molar-refractivity contribution in [3.8, 4) is 0 Å². The van der Waals surface area contributed by atoms with Gasteiger partial charge in [0, 0.05) is 36.6 Å². The Bertz CT molecular complexity index is 610. The fourth-order valence-electron chi connectivity index (χ4n) is 1.96. The molecule has 0 aliphatic carbocycles. The van der Waals surface area contributed by atoms with E-state index in [0.29, 0.717) is 22.7 Å². The minimum atomic E-state index is -0.101. The van der Waals surface area contributed by atoms with E-state index in [0.717, 1.165) is 19.4 Å². The van der Waals surface area contributed by atoms with E-state index in [4.69, 9.17) is 18.0 Å². The maximum Gasteiger partial charge on any atom is 0.251 e. The molecule has 0 spiro atoms. The number of thiocarbonyl (C=S) groups is 1. The third-order valence-corrected chi connectivity index (χ3v) is 3.33.